The van der Waals surface area contributed by atoms with Crippen molar-refractivity contribution in [2.75, 3.05) is 13.2 Å². The van der Waals surface area contributed by atoms with E-state index in [2.05, 4.69) is 11.8 Å². The van der Waals surface area contributed by atoms with E-state index in [4.69, 9.17) is 10.5 Å². The van der Waals surface area contributed by atoms with Gasteiger partial charge in [0.1, 0.15) is 12.4 Å². The Balaban J connectivity index is 1.94. The van der Waals surface area contributed by atoms with Crippen molar-refractivity contribution in [1.82, 2.24) is 0 Å². The standard InChI is InChI=1S/C18H19NO2/c19-12-11-18(20)16-8-4-6-15(14-16)7-5-13-21-17-9-2-1-3-10-17/h1-4,6,8-10,14,18,20H,11-13,19H2/t18-/m1/s1. The zero-order valence-electron chi connectivity index (χ0n) is 11.8. The lowest BCUT2D eigenvalue weighted by atomic mass is 10.0. The number of rotatable bonds is 5. The second-order valence-corrected chi connectivity index (χ2v) is 4.62. The lowest BCUT2D eigenvalue weighted by Gasteiger charge is -2.09. The molecule has 0 spiro atoms. The third-order valence-corrected chi connectivity index (χ3v) is 3.00. The topological polar surface area (TPSA) is 55.5 Å². The number of aliphatic hydroxyl groups is 1. The molecule has 2 aromatic carbocycles. The third-order valence-electron chi connectivity index (χ3n) is 3.00. The summed E-state index contributed by atoms with van der Waals surface area (Å²) >= 11 is 0. The quantitative estimate of drug-likeness (QED) is 0.828. The zero-order valence-corrected chi connectivity index (χ0v) is 11.8. The first-order valence-electron chi connectivity index (χ1n) is 6.94. The molecule has 0 aliphatic heterocycles. The number of para-hydroxylation sites is 1. The Morgan fingerprint density at radius 3 is 2.67 bits per heavy atom. The average Bonchev–Trinajstić information content (AvgIpc) is 2.53. The van der Waals surface area contributed by atoms with Gasteiger partial charge in [-0.05, 0) is 42.8 Å². The van der Waals surface area contributed by atoms with Gasteiger partial charge >= 0.3 is 0 Å². The molecule has 108 valence electrons. The predicted octanol–water partition coefficient (Wildman–Crippen LogP) is 2.50. The molecule has 0 unspecified atom stereocenters. The molecule has 3 N–H and O–H groups in total. The van der Waals surface area contributed by atoms with Crippen molar-refractivity contribution in [3.8, 4) is 17.6 Å². The fourth-order valence-corrected chi connectivity index (χ4v) is 1.92. The van der Waals surface area contributed by atoms with E-state index >= 15 is 0 Å². The number of benzene rings is 2. The molecule has 2 aromatic rings. The van der Waals surface area contributed by atoms with Gasteiger partial charge in [0.05, 0.1) is 6.10 Å². The molecular formula is C18H19NO2. The monoisotopic (exact) mass is 281 g/mol. The first-order valence-corrected chi connectivity index (χ1v) is 6.94. The maximum absolute atomic E-state index is 9.91. The number of nitrogens with two attached hydrogens (primary N) is 1. The molecule has 0 saturated heterocycles. The Labute approximate surface area is 125 Å². The molecule has 0 aliphatic carbocycles. The lowest BCUT2D eigenvalue weighted by Crippen LogP contribution is -2.06. The van der Waals surface area contributed by atoms with Crippen LogP contribution in [0, 0.1) is 11.8 Å². The summed E-state index contributed by atoms with van der Waals surface area (Å²) in [5, 5.41) is 9.91. The van der Waals surface area contributed by atoms with Crippen molar-refractivity contribution >= 4 is 0 Å². The van der Waals surface area contributed by atoms with Gasteiger partial charge < -0.3 is 15.6 Å². The summed E-state index contributed by atoms with van der Waals surface area (Å²) in [6.07, 6.45) is 0.0193. The summed E-state index contributed by atoms with van der Waals surface area (Å²) in [6.45, 7) is 0.793. The first-order chi connectivity index (χ1) is 10.3. The number of aliphatic hydroxyl groups excluding tert-OH is 1. The van der Waals surface area contributed by atoms with E-state index in [0.717, 1.165) is 16.9 Å². The summed E-state index contributed by atoms with van der Waals surface area (Å²) in [5.74, 6) is 6.81. The smallest absolute Gasteiger partial charge is 0.149 e. The Bertz CT molecular complexity index is 614. The van der Waals surface area contributed by atoms with Gasteiger partial charge in [-0.25, -0.2) is 0 Å². The molecule has 21 heavy (non-hydrogen) atoms. The lowest BCUT2D eigenvalue weighted by molar-refractivity contribution is 0.170. The van der Waals surface area contributed by atoms with Crippen LogP contribution in [0.5, 0.6) is 5.75 Å². The van der Waals surface area contributed by atoms with Crippen LogP contribution in [-0.4, -0.2) is 18.3 Å². The summed E-state index contributed by atoms with van der Waals surface area (Å²) in [6, 6.07) is 17.1. The number of hydrogen-bond acceptors (Lipinski definition) is 3. The maximum Gasteiger partial charge on any atom is 0.149 e. The molecule has 0 fully saturated rings. The molecule has 0 amide bonds. The van der Waals surface area contributed by atoms with Crippen LogP contribution in [0.4, 0.5) is 0 Å². The fourth-order valence-electron chi connectivity index (χ4n) is 1.92. The van der Waals surface area contributed by atoms with E-state index in [1.165, 1.54) is 0 Å². The minimum atomic E-state index is -0.530. The number of ether oxygens (including phenoxy) is 1. The highest BCUT2D eigenvalue weighted by Crippen LogP contribution is 2.16. The maximum atomic E-state index is 9.91. The first kappa shape index (κ1) is 15.1. The Hall–Kier alpha value is -2.28. The van der Waals surface area contributed by atoms with Gasteiger partial charge in [0.25, 0.3) is 0 Å². The highest BCUT2D eigenvalue weighted by atomic mass is 16.5. The van der Waals surface area contributed by atoms with Gasteiger partial charge in [0.15, 0.2) is 0 Å². The third kappa shape index (κ3) is 4.96. The van der Waals surface area contributed by atoms with Crippen LogP contribution in [0.15, 0.2) is 54.6 Å². The Kier molecular flexibility index (Phi) is 5.83. The van der Waals surface area contributed by atoms with Crippen molar-refractivity contribution in [2.45, 2.75) is 12.5 Å². The van der Waals surface area contributed by atoms with Crippen LogP contribution in [0.1, 0.15) is 23.7 Å². The van der Waals surface area contributed by atoms with Gasteiger partial charge in [0, 0.05) is 5.56 Å². The van der Waals surface area contributed by atoms with Gasteiger partial charge in [-0.3, -0.25) is 0 Å². The molecular weight excluding hydrogens is 262 g/mol. The van der Waals surface area contributed by atoms with Crippen molar-refractivity contribution < 1.29 is 9.84 Å². The minimum Gasteiger partial charge on any atom is -0.481 e. The SMILES string of the molecule is NCC[C@@H](O)c1cccc(C#CCOc2ccccc2)c1. The largest absolute Gasteiger partial charge is 0.481 e. The average molecular weight is 281 g/mol. The molecule has 1 atom stereocenters. The van der Waals surface area contributed by atoms with Crippen LogP contribution < -0.4 is 10.5 Å². The Morgan fingerprint density at radius 2 is 1.90 bits per heavy atom. The Morgan fingerprint density at radius 1 is 1.10 bits per heavy atom. The molecule has 3 heteroatoms. The van der Waals surface area contributed by atoms with E-state index in [-0.39, 0.29) is 0 Å². The highest BCUT2D eigenvalue weighted by molar-refractivity contribution is 5.38. The van der Waals surface area contributed by atoms with Crippen LogP contribution >= 0.6 is 0 Å². The van der Waals surface area contributed by atoms with Gasteiger partial charge in [-0.2, -0.15) is 0 Å². The summed E-state index contributed by atoms with van der Waals surface area (Å²) in [5.41, 5.74) is 7.16. The van der Waals surface area contributed by atoms with E-state index in [9.17, 15) is 5.11 Å². The van der Waals surface area contributed by atoms with Crippen molar-refractivity contribution in [3.63, 3.8) is 0 Å². The normalized spacial score (nSPS) is 11.3. The van der Waals surface area contributed by atoms with E-state index in [0.29, 0.717) is 19.6 Å². The van der Waals surface area contributed by atoms with Crippen molar-refractivity contribution in [2.24, 2.45) is 5.73 Å². The van der Waals surface area contributed by atoms with Crippen LogP contribution in [0.2, 0.25) is 0 Å². The van der Waals surface area contributed by atoms with Gasteiger partial charge in [0.2, 0.25) is 0 Å². The predicted molar refractivity (Wildman–Crippen MR) is 83.9 cm³/mol. The minimum absolute atomic E-state index is 0.333. The van der Waals surface area contributed by atoms with Gasteiger partial charge in [-0.1, -0.05) is 42.2 Å². The summed E-state index contributed by atoms with van der Waals surface area (Å²) < 4.78 is 5.50. The molecule has 0 aliphatic rings. The zero-order chi connectivity index (χ0) is 14.9. The summed E-state index contributed by atoms with van der Waals surface area (Å²) in [4.78, 5) is 0. The second kappa shape index (κ2) is 8.11. The fraction of sp³-hybridized carbons (Fsp3) is 0.222. The molecule has 0 saturated carbocycles. The van der Waals surface area contributed by atoms with E-state index in [1.807, 2.05) is 54.6 Å². The molecule has 0 radical (unpaired) electrons. The molecule has 0 bridgehead atoms. The van der Waals surface area contributed by atoms with Crippen molar-refractivity contribution in [3.05, 3.63) is 65.7 Å². The highest BCUT2D eigenvalue weighted by Gasteiger charge is 2.05. The second-order valence-electron chi connectivity index (χ2n) is 4.62. The van der Waals surface area contributed by atoms with Crippen LogP contribution in [0.25, 0.3) is 0 Å². The van der Waals surface area contributed by atoms with Gasteiger partial charge in [-0.15, -0.1) is 0 Å². The molecule has 0 heterocycles. The van der Waals surface area contributed by atoms with Crippen molar-refractivity contribution in [1.29, 1.82) is 0 Å². The van der Waals surface area contributed by atoms with Crippen LogP contribution in [-0.2, 0) is 0 Å². The summed E-state index contributed by atoms with van der Waals surface area (Å²) in [7, 11) is 0. The molecule has 0 aromatic heterocycles. The number of hydrogen-bond donors (Lipinski definition) is 2. The molecule has 2 rings (SSSR count). The van der Waals surface area contributed by atoms with E-state index in [1.54, 1.807) is 0 Å². The van der Waals surface area contributed by atoms with E-state index < -0.39 is 6.10 Å². The van der Waals surface area contributed by atoms with Crippen LogP contribution in [0.3, 0.4) is 0 Å². The molecule has 3 nitrogen and oxygen atoms in total.